The van der Waals surface area contributed by atoms with Gasteiger partial charge in [-0.1, -0.05) is 133 Å². The molecule has 0 aliphatic rings. The standard InChI is InChI=1S/C49H34N2/c1-33-19-27-47-44(29-33)43-26-24-39(38-25-28-48-45(31-38)42-17-8-9-18-46(42)50(48)40-14-6-3-7-15-40)32-49(43)51(47)41-16-10-13-37(30-41)36-22-20-35(21-23-36)34-11-4-2-5-12-34/h2-32H,1H3. The summed E-state index contributed by atoms with van der Waals surface area (Å²) in [7, 11) is 0. The van der Waals surface area contributed by atoms with Crippen LogP contribution in [0.25, 0.3) is 88.4 Å². The smallest absolute Gasteiger partial charge is 0.0547 e. The number of aromatic nitrogens is 2. The minimum absolute atomic E-state index is 1.15. The Morgan fingerprint density at radius 3 is 1.57 bits per heavy atom. The third kappa shape index (κ3) is 4.87. The van der Waals surface area contributed by atoms with Crippen molar-refractivity contribution in [3.05, 3.63) is 194 Å². The van der Waals surface area contributed by atoms with Gasteiger partial charge in [-0.3, -0.25) is 0 Å². The highest BCUT2D eigenvalue weighted by Gasteiger charge is 2.17. The molecule has 0 spiro atoms. The summed E-state index contributed by atoms with van der Waals surface area (Å²) in [6, 6.07) is 68.6. The van der Waals surface area contributed by atoms with Crippen molar-refractivity contribution in [2.75, 3.05) is 0 Å². The van der Waals surface area contributed by atoms with Crippen molar-refractivity contribution >= 4 is 43.6 Å². The fourth-order valence-corrected chi connectivity index (χ4v) is 7.91. The van der Waals surface area contributed by atoms with E-state index in [1.165, 1.54) is 88.2 Å². The second-order valence-electron chi connectivity index (χ2n) is 13.5. The molecule has 0 bridgehead atoms. The largest absolute Gasteiger partial charge is 0.309 e. The summed E-state index contributed by atoms with van der Waals surface area (Å²) in [5.74, 6) is 0. The average molecular weight is 651 g/mol. The van der Waals surface area contributed by atoms with E-state index in [9.17, 15) is 0 Å². The molecule has 51 heavy (non-hydrogen) atoms. The molecule has 2 heterocycles. The zero-order chi connectivity index (χ0) is 33.9. The van der Waals surface area contributed by atoms with Gasteiger partial charge in [0, 0.05) is 32.9 Å². The molecule has 0 atom stereocenters. The van der Waals surface area contributed by atoms with Crippen LogP contribution in [0.15, 0.2) is 188 Å². The lowest BCUT2D eigenvalue weighted by molar-refractivity contribution is 1.18. The normalized spacial score (nSPS) is 11.6. The summed E-state index contributed by atoms with van der Waals surface area (Å²) in [6.07, 6.45) is 0. The van der Waals surface area contributed by atoms with Crippen molar-refractivity contribution in [3.8, 4) is 44.8 Å². The van der Waals surface area contributed by atoms with Crippen molar-refractivity contribution in [1.29, 1.82) is 0 Å². The molecule has 0 aliphatic carbocycles. The molecule has 10 rings (SSSR count). The molecular formula is C49H34N2. The molecule has 2 nitrogen and oxygen atoms in total. The summed E-state index contributed by atoms with van der Waals surface area (Å²) in [4.78, 5) is 0. The Morgan fingerprint density at radius 1 is 0.275 bits per heavy atom. The maximum atomic E-state index is 2.44. The first-order valence-corrected chi connectivity index (χ1v) is 17.6. The van der Waals surface area contributed by atoms with E-state index in [1.54, 1.807) is 0 Å². The van der Waals surface area contributed by atoms with E-state index >= 15 is 0 Å². The second kappa shape index (κ2) is 11.8. The molecule has 0 aliphatic heterocycles. The van der Waals surface area contributed by atoms with E-state index in [-0.39, 0.29) is 0 Å². The first-order chi connectivity index (χ1) is 25.2. The molecule has 10 aromatic rings. The van der Waals surface area contributed by atoms with E-state index in [0.29, 0.717) is 0 Å². The van der Waals surface area contributed by atoms with Crippen LogP contribution in [0.3, 0.4) is 0 Å². The van der Waals surface area contributed by atoms with Gasteiger partial charge in [-0.15, -0.1) is 0 Å². The Hall–Kier alpha value is -6.64. The number of hydrogen-bond donors (Lipinski definition) is 0. The number of para-hydroxylation sites is 2. The van der Waals surface area contributed by atoms with E-state index in [1.807, 2.05) is 0 Å². The molecule has 240 valence electrons. The zero-order valence-corrected chi connectivity index (χ0v) is 28.3. The molecule has 0 saturated carbocycles. The van der Waals surface area contributed by atoms with Crippen molar-refractivity contribution in [3.63, 3.8) is 0 Å². The lowest BCUT2D eigenvalue weighted by Crippen LogP contribution is -1.95. The van der Waals surface area contributed by atoms with E-state index in [2.05, 4.69) is 204 Å². The average Bonchev–Trinajstić information content (AvgIpc) is 3.70. The quantitative estimate of drug-likeness (QED) is 0.175. The summed E-state index contributed by atoms with van der Waals surface area (Å²) in [6.45, 7) is 2.18. The summed E-state index contributed by atoms with van der Waals surface area (Å²) in [5.41, 5.74) is 15.7. The predicted octanol–water partition coefficient (Wildman–Crippen LogP) is 13.2. The van der Waals surface area contributed by atoms with Crippen LogP contribution in [0.5, 0.6) is 0 Å². The fourth-order valence-electron chi connectivity index (χ4n) is 7.91. The number of nitrogens with zero attached hydrogens (tertiary/aromatic N) is 2. The summed E-state index contributed by atoms with van der Waals surface area (Å²) in [5, 5.41) is 5.05. The van der Waals surface area contributed by atoms with Crippen LogP contribution >= 0.6 is 0 Å². The van der Waals surface area contributed by atoms with Gasteiger partial charge in [-0.2, -0.15) is 0 Å². The first-order valence-electron chi connectivity index (χ1n) is 17.6. The molecule has 8 aromatic carbocycles. The lowest BCUT2D eigenvalue weighted by atomic mass is 10.00. The van der Waals surface area contributed by atoms with Gasteiger partial charge in [0.05, 0.1) is 22.1 Å². The van der Waals surface area contributed by atoms with Gasteiger partial charge in [-0.05, 0) is 101 Å². The van der Waals surface area contributed by atoms with Crippen LogP contribution in [0.1, 0.15) is 5.56 Å². The monoisotopic (exact) mass is 650 g/mol. The van der Waals surface area contributed by atoms with Crippen LogP contribution in [-0.2, 0) is 0 Å². The molecule has 0 unspecified atom stereocenters. The summed E-state index contributed by atoms with van der Waals surface area (Å²) >= 11 is 0. The van der Waals surface area contributed by atoms with Gasteiger partial charge in [0.15, 0.2) is 0 Å². The Labute approximate surface area is 297 Å². The SMILES string of the molecule is Cc1ccc2c(c1)c1ccc(-c3ccc4c(c3)c3ccccc3n4-c3ccccc3)cc1n2-c1cccc(-c2ccc(-c3ccccc3)cc2)c1. The maximum absolute atomic E-state index is 2.44. The molecule has 0 fully saturated rings. The van der Waals surface area contributed by atoms with Crippen LogP contribution in [0.2, 0.25) is 0 Å². The van der Waals surface area contributed by atoms with Crippen molar-refractivity contribution in [2.45, 2.75) is 6.92 Å². The van der Waals surface area contributed by atoms with E-state index in [4.69, 9.17) is 0 Å². The Kier molecular flexibility index (Phi) is 6.75. The fraction of sp³-hybridized carbons (Fsp3) is 0.0204. The van der Waals surface area contributed by atoms with E-state index < -0.39 is 0 Å². The molecule has 0 amide bonds. The molecule has 0 saturated heterocycles. The Balaban J connectivity index is 1.12. The number of hydrogen-bond acceptors (Lipinski definition) is 0. The van der Waals surface area contributed by atoms with Gasteiger partial charge >= 0.3 is 0 Å². The van der Waals surface area contributed by atoms with Crippen molar-refractivity contribution in [2.24, 2.45) is 0 Å². The van der Waals surface area contributed by atoms with Crippen LogP contribution < -0.4 is 0 Å². The van der Waals surface area contributed by atoms with E-state index in [0.717, 1.165) is 5.69 Å². The number of benzene rings is 8. The number of rotatable bonds is 5. The minimum Gasteiger partial charge on any atom is -0.309 e. The first kappa shape index (κ1) is 29.3. The van der Waals surface area contributed by atoms with Gasteiger partial charge in [0.1, 0.15) is 0 Å². The highest BCUT2D eigenvalue weighted by Crippen LogP contribution is 2.39. The van der Waals surface area contributed by atoms with Crippen LogP contribution in [-0.4, -0.2) is 9.13 Å². The molecule has 2 aromatic heterocycles. The Morgan fingerprint density at radius 2 is 0.765 bits per heavy atom. The summed E-state index contributed by atoms with van der Waals surface area (Å²) < 4.78 is 4.81. The zero-order valence-electron chi connectivity index (χ0n) is 28.3. The minimum atomic E-state index is 1.15. The highest BCUT2D eigenvalue weighted by atomic mass is 15.0. The lowest BCUT2D eigenvalue weighted by Gasteiger charge is -2.12. The van der Waals surface area contributed by atoms with Crippen molar-refractivity contribution in [1.82, 2.24) is 9.13 Å². The molecule has 0 N–H and O–H groups in total. The maximum Gasteiger partial charge on any atom is 0.0547 e. The third-order valence-electron chi connectivity index (χ3n) is 10.4. The molecule has 0 radical (unpaired) electrons. The molecular weight excluding hydrogens is 617 g/mol. The van der Waals surface area contributed by atoms with Gasteiger partial charge in [0.2, 0.25) is 0 Å². The second-order valence-corrected chi connectivity index (χ2v) is 13.5. The topological polar surface area (TPSA) is 9.86 Å². The van der Waals surface area contributed by atoms with Gasteiger partial charge in [-0.25, -0.2) is 0 Å². The third-order valence-corrected chi connectivity index (χ3v) is 10.4. The Bertz CT molecular complexity index is 2890. The number of fused-ring (bicyclic) bond motifs is 6. The van der Waals surface area contributed by atoms with Crippen molar-refractivity contribution < 1.29 is 0 Å². The number of aryl methyl sites for hydroxylation is 1. The predicted molar refractivity (Wildman–Crippen MR) is 216 cm³/mol. The highest BCUT2D eigenvalue weighted by molar-refractivity contribution is 6.12. The molecule has 2 heteroatoms. The van der Waals surface area contributed by atoms with Gasteiger partial charge in [0.25, 0.3) is 0 Å². The van der Waals surface area contributed by atoms with Gasteiger partial charge < -0.3 is 9.13 Å². The van der Waals surface area contributed by atoms with Crippen LogP contribution in [0, 0.1) is 6.92 Å². The van der Waals surface area contributed by atoms with Crippen LogP contribution in [0.4, 0.5) is 0 Å².